The van der Waals surface area contributed by atoms with Gasteiger partial charge < -0.3 is 14.2 Å². The molecule has 0 aliphatic carbocycles. The number of hydrogen-bond acceptors (Lipinski definition) is 3. The van der Waals surface area contributed by atoms with Crippen LogP contribution in [0.5, 0.6) is 0 Å². The lowest BCUT2D eigenvalue weighted by molar-refractivity contribution is -0.150. The highest BCUT2D eigenvalue weighted by Crippen LogP contribution is 2.28. The first kappa shape index (κ1) is 9.82. The maximum Gasteiger partial charge on any atom is 0.102 e. The van der Waals surface area contributed by atoms with Gasteiger partial charge in [0.25, 0.3) is 0 Å². The molecule has 4 atom stereocenters. The van der Waals surface area contributed by atoms with Gasteiger partial charge in [-0.3, -0.25) is 0 Å². The molecule has 3 aliphatic heterocycles. The molecule has 0 saturated carbocycles. The SMILES string of the molecule is C1=C[C@H]2OCCC[C@@H]2O[C@@H]2CCCO[C@@H]12. The van der Waals surface area contributed by atoms with Crippen LogP contribution in [0, 0.1) is 0 Å². The minimum atomic E-state index is 0.160. The predicted molar refractivity (Wildman–Crippen MR) is 55.7 cm³/mol. The standard InChI is InChI=1S/C12H18O3/c1-3-11-9(13-7-1)5-6-10-12(15-11)4-2-8-14-10/h5-6,9-12H,1-4,7-8H2/t9-,10+,11+,12-. The molecule has 3 aliphatic rings. The Kier molecular flexibility index (Phi) is 2.77. The Morgan fingerprint density at radius 1 is 0.800 bits per heavy atom. The van der Waals surface area contributed by atoms with Crippen LogP contribution in [0.1, 0.15) is 25.7 Å². The van der Waals surface area contributed by atoms with Crippen molar-refractivity contribution in [3.05, 3.63) is 12.2 Å². The van der Waals surface area contributed by atoms with E-state index in [1.165, 1.54) is 0 Å². The van der Waals surface area contributed by atoms with Crippen LogP contribution < -0.4 is 0 Å². The Bertz CT molecular complexity index is 227. The van der Waals surface area contributed by atoms with Gasteiger partial charge in [0, 0.05) is 13.2 Å². The molecule has 0 aromatic rings. The normalized spacial score (nSPS) is 45.3. The second-order valence-corrected chi connectivity index (χ2v) is 4.55. The van der Waals surface area contributed by atoms with Crippen molar-refractivity contribution in [2.24, 2.45) is 0 Å². The molecule has 2 fully saturated rings. The van der Waals surface area contributed by atoms with E-state index < -0.39 is 0 Å². The third-order valence-electron chi connectivity index (χ3n) is 3.46. The van der Waals surface area contributed by atoms with Crippen molar-refractivity contribution in [2.45, 2.75) is 50.1 Å². The summed E-state index contributed by atoms with van der Waals surface area (Å²) in [4.78, 5) is 0. The molecule has 0 unspecified atom stereocenters. The van der Waals surface area contributed by atoms with Gasteiger partial charge in [-0.1, -0.05) is 12.2 Å². The molecule has 15 heavy (non-hydrogen) atoms. The van der Waals surface area contributed by atoms with Crippen LogP contribution in [-0.2, 0) is 14.2 Å². The van der Waals surface area contributed by atoms with Crippen LogP contribution in [0.4, 0.5) is 0 Å². The average molecular weight is 210 g/mol. The molecule has 3 heteroatoms. The molecule has 0 aromatic carbocycles. The number of hydrogen-bond donors (Lipinski definition) is 0. The monoisotopic (exact) mass is 210 g/mol. The van der Waals surface area contributed by atoms with E-state index in [1.807, 2.05) is 0 Å². The summed E-state index contributed by atoms with van der Waals surface area (Å²) in [6.45, 7) is 1.73. The van der Waals surface area contributed by atoms with Crippen LogP contribution in [0.15, 0.2) is 12.2 Å². The average Bonchev–Trinajstić information content (AvgIpc) is 2.48. The first-order valence-electron chi connectivity index (χ1n) is 6.00. The van der Waals surface area contributed by atoms with Gasteiger partial charge in [0.2, 0.25) is 0 Å². The van der Waals surface area contributed by atoms with Crippen molar-refractivity contribution >= 4 is 0 Å². The lowest BCUT2D eigenvalue weighted by Crippen LogP contribution is -2.40. The first-order chi connectivity index (χ1) is 7.43. The maximum absolute atomic E-state index is 6.11. The Morgan fingerprint density at radius 2 is 1.33 bits per heavy atom. The summed E-state index contributed by atoms with van der Waals surface area (Å²) >= 11 is 0. The third-order valence-corrected chi connectivity index (χ3v) is 3.46. The largest absolute Gasteiger partial charge is 0.371 e. The van der Waals surface area contributed by atoms with Crippen molar-refractivity contribution in [2.75, 3.05) is 13.2 Å². The van der Waals surface area contributed by atoms with Crippen molar-refractivity contribution in [1.82, 2.24) is 0 Å². The van der Waals surface area contributed by atoms with Crippen LogP contribution >= 0.6 is 0 Å². The van der Waals surface area contributed by atoms with Crippen molar-refractivity contribution in [3.8, 4) is 0 Å². The highest BCUT2D eigenvalue weighted by Gasteiger charge is 2.34. The first-order valence-corrected chi connectivity index (χ1v) is 6.00. The quantitative estimate of drug-likeness (QED) is 0.569. The van der Waals surface area contributed by atoms with Gasteiger partial charge in [0.15, 0.2) is 0 Å². The summed E-state index contributed by atoms with van der Waals surface area (Å²) in [5, 5.41) is 0. The van der Waals surface area contributed by atoms with Crippen LogP contribution in [0.2, 0.25) is 0 Å². The summed E-state index contributed by atoms with van der Waals surface area (Å²) in [5.41, 5.74) is 0. The van der Waals surface area contributed by atoms with Crippen LogP contribution in [0.25, 0.3) is 0 Å². The minimum Gasteiger partial charge on any atom is -0.371 e. The summed E-state index contributed by atoms with van der Waals surface area (Å²) < 4.78 is 17.5. The van der Waals surface area contributed by atoms with Gasteiger partial charge in [-0.15, -0.1) is 0 Å². The van der Waals surface area contributed by atoms with Gasteiger partial charge in [0.1, 0.15) is 12.2 Å². The molecule has 84 valence electrons. The molecular weight excluding hydrogens is 192 g/mol. The molecule has 0 radical (unpaired) electrons. The van der Waals surface area contributed by atoms with Gasteiger partial charge in [-0.05, 0) is 25.7 Å². The fraction of sp³-hybridized carbons (Fsp3) is 0.833. The van der Waals surface area contributed by atoms with Gasteiger partial charge in [-0.25, -0.2) is 0 Å². The summed E-state index contributed by atoms with van der Waals surface area (Å²) in [7, 11) is 0. The summed E-state index contributed by atoms with van der Waals surface area (Å²) in [5.74, 6) is 0. The molecule has 0 aromatic heterocycles. The molecular formula is C12H18O3. The molecule has 3 rings (SSSR count). The van der Waals surface area contributed by atoms with E-state index in [0.29, 0.717) is 0 Å². The Hall–Kier alpha value is -0.380. The molecule has 0 spiro atoms. The number of ether oxygens (including phenoxy) is 3. The summed E-state index contributed by atoms with van der Waals surface area (Å²) in [6.07, 6.45) is 9.59. The van der Waals surface area contributed by atoms with E-state index in [0.717, 1.165) is 38.9 Å². The zero-order valence-electron chi connectivity index (χ0n) is 8.93. The molecule has 3 nitrogen and oxygen atoms in total. The van der Waals surface area contributed by atoms with E-state index in [-0.39, 0.29) is 24.4 Å². The highest BCUT2D eigenvalue weighted by atomic mass is 16.6. The fourth-order valence-corrected chi connectivity index (χ4v) is 2.64. The van der Waals surface area contributed by atoms with E-state index >= 15 is 0 Å². The van der Waals surface area contributed by atoms with E-state index in [1.54, 1.807) is 0 Å². The zero-order valence-corrected chi connectivity index (χ0v) is 8.93. The number of rotatable bonds is 0. The van der Waals surface area contributed by atoms with E-state index in [4.69, 9.17) is 14.2 Å². The zero-order chi connectivity index (χ0) is 10.1. The molecule has 2 saturated heterocycles. The van der Waals surface area contributed by atoms with Gasteiger partial charge in [-0.2, -0.15) is 0 Å². The Morgan fingerprint density at radius 3 is 1.87 bits per heavy atom. The van der Waals surface area contributed by atoms with Crippen LogP contribution in [-0.4, -0.2) is 37.6 Å². The highest BCUT2D eigenvalue weighted by molar-refractivity contribution is 5.05. The lowest BCUT2D eigenvalue weighted by atomic mass is 10.1. The number of fused-ring (bicyclic) bond motifs is 2. The molecule has 0 amide bonds. The molecule has 0 N–H and O–H groups in total. The van der Waals surface area contributed by atoms with Crippen LogP contribution in [0.3, 0.4) is 0 Å². The fourth-order valence-electron chi connectivity index (χ4n) is 2.64. The van der Waals surface area contributed by atoms with Gasteiger partial charge >= 0.3 is 0 Å². The predicted octanol–water partition coefficient (Wildman–Crippen LogP) is 1.67. The topological polar surface area (TPSA) is 27.7 Å². The third kappa shape index (κ3) is 1.96. The second-order valence-electron chi connectivity index (χ2n) is 4.55. The Balaban J connectivity index is 1.76. The second kappa shape index (κ2) is 4.24. The van der Waals surface area contributed by atoms with Gasteiger partial charge in [0.05, 0.1) is 12.2 Å². The Labute approximate surface area is 90.4 Å². The molecule has 3 heterocycles. The molecule has 0 bridgehead atoms. The lowest BCUT2D eigenvalue weighted by Gasteiger charge is -2.34. The van der Waals surface area contributed by atoms with Crippen molar-refractivity contribution in [3.63, 3.8) is 0 Å². The maximum atomic E-state index is 6.11. The van der Waals surface area contributed by atoms with Crippen molar-refractivity contribution < 1.29 is 14.2 Å². The minimum absolute atomic E-state index is 0.160. The smallest absolute Gasteiger partial charge is 0.102 e. The summed E-state index contributed by atoms with van der Waals surface area (Å²) in [6, 6.07) is 0. The van der Waals surface area contributed by atoms with Crippen molar-refractivity contribution in [1.29, 1.82) is 0 Å². The van der Waals surface area contributed by atoms with E-state index in [2.05, 4.69) is 12.2 Å². The van der Waals surface area contributed by atoms with E-state index in [9.17, 15) is 0 Å².